The second-order valence-electron chi connectivity index (χ2n) is 7.54. The summed E-state index contributed by atoms with van der Waals surface area (Å²) in [6.45, 7) is 5.41. The van der Waals surface area contributed by atoms with E-state index in [4.69, 9.17) is 55.9 Å². The van der Waals surface area contributed by atoms with Gasteiger partial charge in [0, 0.05) is 26.6 Å². The van der Waals surface area contributed by atoms with Crippen LogP contribution in [0.15, 0.2) is 10.1 Å². The molecule has 0 amide bonds. The zero-order chi connectivity index (χ0) is 19.2. The molecule has 140 valence electrons. The highest BCUT2D eigenvalue weighted by molar-refractivity contribution is 6.53. The summed E-state index contributed by atoms with van der Waals surface area (Å²) in [6.07, 6.45) is 0.0796. The molecule has 0 heterocycles. The molecule has 3 aliphatic rings. The Hall–Kier alpha value is 0.160. The van der Waals surface area contributed by atoms with Crippen molar-refractivity contribution in [3.63, 3.8) is 0 Å². The first kappa shape index (κ1) is 19.9. The lowest BCUT2D eigenvalue weighted by Gasteiger charge is -2.48. The number of fused-ring (bicyclic) bond motifs is 5. The van der Waals surface area contributed by atoms with Crippen LogP contribution in [0.4, 0.5) is 0 Å². The Morgan fingerprint density at radius 1 is 1.08 bits per heavy atom. The number of alkyl halides is 2. The number of ketones is 2. The summed E-state index contributed by atoms with van der Waals surface area (Å²) in [5, 5.41) is -0.00000488. The molecule has 2 saturated carbocycles. The first-order chi connectivity index (χ1) is 11.4. The van der Waals surface area contributed by atoms with Crippen LogP contribution in [0.5, 0.6) is 0 Å². The summed E-state index contributed by atoms with van der Waals surface area (Å²) in [4.78, 5) is 23.2. The van der Waals surface area contributed by atoms with Gasteiger partial charge in [-0.2, -0.15) is 0 Å². The Morgan fingerprint density at radius 3 is 2.04 bits per heavy atom. The van der Waals surface area contributed by atoms with E-state index in [1.54, 1.807) is 6.92 Å². The molecule has 25 heavy (non-hydrogen) atoms. The largest absolute Gasteiger partial charge is 0.349 e. The maximum atomic E-state index is 13.4. The van der Waals surface area contributed by atoms with Gasteiger partial charge in [0.2, 0.25) is 5.79 Å². The van der Waals surface area contributed by atoms with Gasteiger partial charge in [-0.3, -0.25) is 9.59 Å². The topological polar surface area (TPSA) is 52.6 Å². The maximum Gasteiger partial charge on any atom is 0.218 e. The molecule has 0 unspecified atom stereocenters. The zero-order valence-corrected chi connectivity index (χ0v) is 17.6. The smallest absolute Gasteiger partial charge is 0.218 e. The maximum absolute atomic E-state index is 13.4. The highest BCUT2D eigenvalue weighted by Crippen LogP contribution is 2.79. The number of carbonyl (C=O) groups is 2. The van der Waals surface area contributed by atoms with Gasteiger partial charge in [-0.1, -0.05) is 37.0 Å². The van der Waals surface area contributed by atoms with E-state index in [1.165, 1.54) is 14.2 Å². The summed E-state index contributed by atoms with van der Waals surface area (Å²) in [6, 6.07) is 0. The standard InChI is InChI=1S/C17H20Cl4O4/c1-7(2)8-6-9(22)14(3)11(10(8)23)15(20)12(18)13(19)16(14,21)17(15,24-4)25-5/h7-8,11H,6H2,1-5H3/t8-,11+,14-,15+,16+/m0/s1. The first-order valence-corrected chi connectivity index (χ1v) is 9.56. The van der Waals surface area contributed by atoms with Crippen molar-refractivity contribution in [2.75, 3.05) is 14.2 Å². The van der Waals surface area contributed by atoms with E-state index in [1.807, 2.05) is 13.8 Å². The quantitative estimate of drug-likeness (QED) is 0.500. The van der Waals surface area contributed by atoms with Gasteiger partial charge in [-0.15, -0.1) is 23.2 Å². The number of hydrogen-bond acceptors (Lipinski definition) is 4. The van der Waals surface area contributed by atoms with Crippen molar-refractivity contribution in [3.8, 4) is 0 Å². The molecule has 0 aliphatic heterocycles. The summed E-state index contributed by atoms with van der Waals surface area (Å²) in [7, 11) is 2.71. The Balaban J connectivity index is 2.39. The fourth-order valence-electron chi connectivity index (χ4n) is 5.12. The number of halogens is 4. The predicted octanol–water partition coefficient (Wildman–Crippen LogP) is 4.08. The highest BCUT2D eigenvalue weighted by atomic mass is 35.5. The fourth-order valence-corrected chi connectivity index (χ4v) is 7.44. The van der Waals surface area contributed by atoms with Crippen LogP contribution in [0.3, 0.4) is 0 Å². The normalized spacial score (nSPS) is 45.5. The second-order valence-corrected chi connectivity index (χ2v) is 9.46. The van der Waals surface area contributed by atoms with Crippen molar-refractivity contribution in [1.82, 2.24) is 0 Å². The van der Waals surface area contributed by atoms with Crippen molar-refractivity contribution in [1.29, 1.82) is 0 Å². The number of hydrogen-bond donors (Lipinski definition) is 0. The molecule has 2 bridgehead atoms. The SMILES string of the molecule is COC1(OC)[C@]2(Cl)C(Cl)=C(Cl)[C@@]1(Cl)[C@@]1(C)C(=O)C[C@@H](C(C)C)C(=O)[C@H]12. The van der Waals surface area contributed by atoms with E-state index in [2.05, 4.69) is 0 Å². The molecule has 5 atom stereocenters. The molecule has 3 rings (SSSR count). The Bertz CT molecular complexity index is 701. The summed E-state index contributed by atoms with van der Waals surface area (Å²) >= 11 is 26.9. The number of Topliss-reactive ketones (excluding diaryl/α,β-unsaturated/α-hetero) is 2. The van der Waals surface area contributed by atoms with Crippen LogP contribution >= 0.6 is 46.4 Å². The van der Waals surface area contributed by atoms with Crippen LogP contribution in [-0.2, 0) is 19.1 Å². The van der Waals surface area contributed by atoms with Crippen molar-refractivity contribution in [3.05, 3.63) is 10.1 Å². The lowest BCUT2D eigenvalue weighted by atomic mass is 9.56. The van der Waals surface area contributed by atoms with E-state index in [0.717, 1.165) is 0 Å². The van der Waals surface area contributed by atoms with Gasteiger partial charge in [0.1, 0.15) is 21.3 Å². The summed E-state index contributed by atoms with van der Waals surface area (Å²) in [5.41, 5.74) is -1.39. The van der Waals surface area contributed by atoms with Crippen LogP contribution in [0.2, 0.25) is 0 Å². The average Bonchev–Trinajstić information content (AvgIpc) is 2.78. The minimum Gasteiger partial charge on any atom is -0.349 e. The molecular formula is C17H20Cl4O4. The summed E-state index contributed by atoms with van der Waals surface area (Å²) < 4.78 is 11.3. The third kappa shape index (κ3) is 1.72. The molecule has 0 aromatic rings. The summed E-state index contributed by atoms with van der Waals surface area (Å²) in [5.74, 6) is -3.57. The van der Waals surface area contributed by atoms with Crippen LogP contribution in [0.1, 0.15) is 27.2 Å². The van der Waals surface area contributed by atoms with Gasteiger partial charge in [0.05, 0.1) is 21.4 Å². The van der Waals surface area contributed by atoms with E-state index >= 15 is 0 Å². The fraction of sp³-hybridized carbons (Fsp3) is 0.765. The molecule has 0 spiro atoms. The van der Waals surface area contributed by atoms with Gasteiger partial charge in [0.15, 0.2) is 0 Å². The average molecular weight is 430 g/mol. The Kier molecular flexibility index (Phi) is 4.45. The lowest BCUT2D eigenvalue weighted by molar-refractivity contribution is -0.222. The third-order valence-electron chi connectivity index (χ3n) is 6.45. The van der Waals surface area contributed by atoms with Crippen molar-refractivity contribution >= 4 is 58.0 Å². The van der Waals surface area contributed by atoms with Gasteiger partial charge in [0.25, 0.3) is 0 Å². The Labute approximate surface area is 167 Å². The van der Waals surface area contributed by atoms with E-state index in [9.17, 15) is 9.59 Å². The molecule has 3 aliphatic carbocycles. The number of ether oxygens (including phenoxy) is 2. The first-order valence-electron chi connectivity index (χ1n) is 8.04. The molecule has 0 aromatic heterocycles. The highest BCUT2D eigenvalue weighted by Gasteiger charge is 2.91. The molecular weight excluding hydrogens is 410 g/mol. The van der Waals surface area contributed by atoms with Crippen molar-refractivity contribution < 1.29 is 19.1 Å². The van der Waals surface area contributed by atoms with E-state index in [0.29, 0.717) is 0 Å². The number of methoxy groups -OCH3 is 2. The molecule has 0 aromatic carbocycles. The lowest BCUT2D eigenvalue weighted by Crippen LogP contribution is -2.60. The van der Waals surface area contributed by atoms with E-state index < -0.39 is 32.8 Å². The third-order valence-corrected chi connectivity index (χ3v) is 9.19. The zero-order valence-electron chi connectivity index (χ0n) is 14.6. The molecule has 0 saturated heterocycles. The van der Waals surface area contributed by atoms with Crippen LogP contribution in [-0.4, -0.2) is 41.3 Å². The Morgan fingerprint density at radius 2 is 1.60 bits per heavy atom. The van der Waals surface area contributed by atoms with Crippen LogP contribution in [0, 0.1) is 23.2 Å². The number of rotatable bonds is 3. The molecule has 2 fully saturated rings. The van der Waals surface area contributed by atoms with Crippen molar-refractivity contribution in [2.24, 2.45) is 23.2 Å². The number of carbonyl (C=O) groups excluding carboxylic acids is 2. The van der Waals surface area contributed by atoms with Gasteiger partial charge < -0.3 is 9.47 Å². The molecule has 0 radical (unpaired) electrons. The van der Waals surface area contributed by atoms with Gasteiger partial charge in [-0.05, 0) is 12.8 Å². The molecule has 0 N–H and O–H groups in total. The minimum absolute atomic E-state index is 0.00237. The predicted molar refractivity (Wildman–Crippen MR) is 97.2 cm³/mol. The monoisotopic (exact) mass is 428 g/mol. The molecule has 8 heteroatoms. The second kappa shape index (κ2) is 5.59. The van der Waals surface area contributed by atoms with Crippen molar-refractivity contribution in [2.45, 2.75) is 42.7 Å². The molecule has 4 nitrogen and oxygen atoms in total. The van der Waals surface area contributed by atoms with E-state index in [-0.39, 0.29) is 34.0 Å². The van der Waals surface area contributed by atoms with Gasteiger partial charge >= 0.3 is 0 Å². The minimum atomic E-state index is -1.74. The van der Waals surface area contributed by atoms with Crippen LogP contribution in [0.25, 0.3) is 0 Å². The van der Waals surface area contributed by atoms with Gasteiger partial charge in [-0.25, -0.2) is 0 Å². The van der Waals surface area contributed by atoms with Crippen LogP contribution < -0.4 is 0 Å².